The lowest BCUT2D eigenvalue weighted by atomic mass is 10.2. The highest BCUT2D eigenvalue weighted by molar-refractivity contribution is 5.48. The van der Waals surface area contributed by atoms with Gasteiger partial charge in [0.1, 0.15) is 18.2 Å². The van der Waals surface area contributed by atoms with E-state index in [4.69, 9.17) is 4.74 Å². The van der Waals surface area contributed by atoms with Crippen LogP contribution in [-0.4, -0.2) is 48.7 Å². The fraction of sp³-hybridized carbons (Fsp3) is 0.733. The fourth-order valence-electron chi connectivity index (χ4n) is 1.76. The number of nitrogens with one attached hydrogen (secondary N) is 1. The van der Waals surface area contributed by atoms with E-state index >= 15 is 0 Å². The van der Waals surface area contributed by atoms with Crippen molar-refractivity contribution in [2.75, 3.05) is 39.1 Å². The first kappa shape index (κ1) is 16.7. The Bertz CT molecular complexity index is 407. The zero-order valence-electron chi connectivity index (χ0n) is 13.5. The van der Waals surface area contributed by atoms with E-state index in [1.54, 1.807) is 0 Å². The van der Waals surface area contributed by atoms with Gasteiger partial charge in [-0.25, -0.2) is 4.98 Å². The van der Waals surface area contributed by atoms with Crippen LogP contribution in [0.5, 0.6) is 5.88 Å². The summed E-state index contributed by atoms with van der Waals surface area (Å²) in [4.78, 5) is 11.2. The van der Waals surface area contributed by atoms with Crippen molar-refractivity contribution in [3.8, 4) is 5.88 Å². The van der Waals surface area contributed by atoms with Gasteiger partial charge in [0, 0.05) is 19.5 Å². The zero-order chi connectivity index (χ0) is 15.0. The highest BCUT2D eigenvalue weighted by Gasteiger charge is 2.11. The fourth-order valence-corrected chi connectivity index (χ4v) is 1.76. The molecule has 0 aromatic carbocycles. The van der Waals surface area contributed by atoms with Crippen LogP contribution in [0, 0.1) is 6.92 Å². The van der Waals surface area contributed by atoms with Crippen molar-refractivity contribution in [1.29, 1.82) is 0 Å². The van der Waals surface area contributed by atoms with Crippen LogP contribution >= 0.6 is 0 Å². The Hall–Kier alpha value is -1.36. The number of aryl methyl sites for hydroxylation is 1. The number of likely N-dealkylation sites (N-methyl/N-ethyl adjacent to an activating group) is 1. The third kappa shape index (κ3) is 5.33. The van der Waals surface area contributed by atoms with Crippen LogP contribution in [0.15, 0.2) is 0 Å². The molecule has 5 heteroatoms. The molecule has 0 atom stereocenters. The lowest BCUT2D eigenvalue weighted by molar-refractivity contribution is 0.251. The lowest BCUT2D eigenvalue weighted by Gasteiger charge is -2.15. The smallest absolute Gasteiger partial charge is 0.221 e. The van der Waals surface area contributed by atoms with E-state index in [0.29, 0.717) is 12.5 Å². The van der Waals surface area contributed by atoms with Crippen LogP contribution in [0.25, 0.3) is 0 Å². The monoisotopic (exact) mass is 280 g/mol. The normalized spacial score (nSPS) is 10.9. The zero-order valence-corrected chi connectivity index (χ0v) is 13.5. The van der Waals surface area contributed by atoms with Crippen LogP contribution in [0.3, 0.4) is 0 Å². The summed E-state index contributed by atoms with van der Waals surface area (Å²) in [5, 5.41) is 3.36. The number of rotatable bonds is 9. The van der Waals surface area contributed by atoms with Gasteiger partial charge in [0.05, 0.1) is 5.56 Å². The summed E-state index contributed by atoms with van der Waals surface area (Å²) in [5.41, 5.74) is 0.997. The van der Waals surface area contributed by atoms with Gasteiger partial charge in [-0.2, -0.15) is 4.98 Å². The molecule has 0 unspecified atom stereocenters. The molecule has 0 saturated carbocycles. The van der Waals surface area contributed by atoms with Crippen molar-refractivity contribution in [3.63, 3.8) is 0 Å². The van der Waals surface area contributed by atoms with Gasteiger partial charge in [-0.3, -0.25) is 0 Å². The Morgan fingerprint density at radius 1 is 1.15 bits per heavy atom. The summed E-state index contributed by atoms with van der Waals surface area (Å²) in [6, 6.07) is 0. The first-order valence-electron chi connectivity index (χ1n) is 7.47. The van der Waals surface area contributed by atoms with E-state index in [-0.39, 0.29) is 0 Å². The molecule has 114 valence electrons. The second-order valence-electron chi connectivity index (χ2n) is 5.25. The molecule has 0 aliphatic rings. The van der Waals surface area contributed by atoms with Gasteiger partial charge in [0.15, 0.2) is 0 Å². The highest BCUT2D eigenvalue weighted by Crippen LogP contribution is 2.22. The molecular weight excluding hydrogens is 252 g/mol. The third-order valence-corrected chi connectivity index (χ3v) is 2.94. The molecule has 0 aliphatic carbocycles. The minimum absolute atomic E-state index is 0.642. The summed E-state index contributed by atoms with van der Waals surface area (Å²) in [6.45, 7) is 8.73. The van der Waals surface area contributed by atoms with Gasteiger partial charge in [0.2, 0.25) is 5.88 Å². The molecule has 5 nitrogen and oxygen atoms in total. The molecule has 1 N–H and O–H groups in total. The minimum atomic E-state index is 0.642. The van der Waals surface area contributed by atoms with Crippen LogP contribution in [0.4, 0.5) is 5.82 Å². The van der Waals surface area contributed by atoms with E-state index in [0.717, 1.165) is 49.6 Å². The van der Waals surface area contributed by atoms with E-state index in [1.807, 2.05) is 21.0 Å². The molecule has 0 saturated heterocycles. The Morgan fingerprint density at radius 2 is 1.90 bits per heavy atom. The second-order valence-corrected chi connectivity index (χ2v) is 5.25. The van der Waals surface area contributed by atoms with Gasteiger partial charge < -0.3 is 15.0 Å². The van der Waals surface area contributed by atoms with Crippen LogP contribution in [0.1, 0.15) is 38.1 Å². The molecule has 0 spiro atoms. The topological polar surface area (TPSA) is 50.3 Å². The van der Waals surface area contributed by atoms with Gasteiger partial charge >= 0.3 is 0 Å². The van der Waals surface area contributed by atoms with Gasteiger partial charge in [-0.15, -0.1) is 0 Å². The van der Waals surface area contributed by atoms with Crippen molar-refractivity contribution in [1.82, 2.24) is 14.9 Å². The Balaban J connectivity index is 2.86. The maximum absolute atomic E-state index is 5.82. The minimum Gasteiger partial charge on any atom is -0.476 e. The maximum Gasteiger partial charge on any atom is 0.221 e. The molecule has 1 aromatic rings. The number of anilines is 1. The quantitative estimate of drug-likeness (QED) is 0.753. The summed E-state index contributed by atoms with van der Waals surface area (Å²) in [7, 11) is 4.07. The number of nitrogens with zero attached hydrogens (tertiary/aromatic N) is 3. The molecule has 1 aromatic heterocycles. The molecule has 1 rings (SSSR count). The first-order chi connectivity index (χ1) is 9.58. The molecular formula is C15H28N4O. The van der Waals surface area contributed by atoms with Gasteiger partial charge in [-0.05, 0) is 33.9 Å². The van der Waals surface area contributed by atoms with E-state index in [9.17, 15) is 0 Å². The summed E-state index contributed by atoms with van der Waals surface area (Å²) < 4.78 is 5.82. The van der Waals surface area contributed by atoms with Gasteiger partial charge in [0.25, 0.3) is 0 Å². The molecule has 20 heavy (non-hydrogen) atoms. The Labute approximate surface area is 122 Å². The summed E-state index contributed by atoms with van der Waals surface area (Å²) in [5.74, 6) is 2.48. The number of hydrogen-bond acceptors (Lipinski definition) is 5. The Morgan fingerprint density at radius 3 is 2.50 bits per heavy atom. The number of aromatic nitrogens is 2. The molecule has 0 amide bonds. The largest absolute Gasteiger partial charge is 0.476 e. The number of hydrogen-bond donors (Lipinski definition) is 1. The van der Waals surface area contributed by atoms with Crippen molar-refractivity contribution in [2.24, 2.45) is 0 Å². The van der Waals surface area contributed by atoms with Crippen molar-refractivity contribution in [3.05, 3.63) is 11.4 Å². The predicted molar refractivity (Wildman–Crippen MR) is 83.6 cm³/mol. The van der Waals surface area contributed by atoms with Crippen LogP contribution in [-0.2, 0) is 6.42 Å². The van der Waals surface area contributed by atoms with Gasteiger partial charge in [-0.1, -0.05) is 13.8 Å². The SMILES string of the molecule is CCCNc1nc(CCC)nc(OCCN(C)C)c1C. The third-order valence-electron chi connectivity index (χ3n) is 2.94. The molecule has 0 fully saturated rings. The lowest BCUT2D eigenvalue weighted by Crippen LogP contribution is -2.20. The Kier molecular flexibility index (Phi) is 7.30. The molecule has 0 bridgehead atoms. The highest BCUT2D eigenvalue weighted by atomic mass is 16.5. The van der Waals surface area contributed by atoms with Crippen molar-refractivity contribution in [2.45, 2.75) is 40.0 Å². The van der Waals surface area contributed by atoms with Crippen molar-refractivity contribution >= 4 is 5.82 Å². The van der Waals surface area contributed by atoms with E-state index in [2.05, 4.69) is 34.0 Å². The van der Waals surface area contributed by atoms with Crippen LogP contribution < -0.4 is 10.1 Å². The van der Waals surface area contributed by atoms with E-state index in [1.165, 1.54) is 0 Å². The second kappa shape index (κ2) is 8.74. The average Bonchev–Trinajstić information content (AvgIpc) is 2.40. The first-order valence-corrected chi connectivity index (χ1v) is 7.47. The van der Waals surface area contributed by atoms with E-state index < -0.39 is 0 Å². The van der Waals surface area contributed by atoms with Crippen molar-refractivity contribution < 1.29 is 4.74 Å². The molecule has 0 radical (unpaired) electrons. The molecule has 0 aliphatic heterocycles. The summed E-state index contributed by atoms with van der Waals surface area (Å²) >= 11 is 0. The predicted octanol–water partition coefficient (Wildman–Crippen LogP) is 2.50. The van der Waals surface area contributed by atoms with Crippen LogP contribution in [0.2, 0.25) is 0 Å². The standard InChI is InChI=1S/C15H28N4O/c1-6-8-13-17-14(16-9-7-2)12(3)15(18-13)20-11-10-19(4)5/h6-11H2,1-5H3,(H,16,17,18). The summed E-state index contributed by atoms with van der Waals surface area (Å²) in [6.07, 6.45) is 2.99. The maximum atomic E-state index is 5.82. The number of ether oxygens (including phenoxy) is 1. The average molecular weight is 280 g/mol. The molecule has 1 heterocycles.